The average molecular weight is 377 g/mol. The Hall–Kier alpha value is -2.45. The zero-order valence-corrected chi connectivity index (χ0v) is 15.9. The summed E-state index contributed by atoms with van der Waals surface area (Å²) in [5.41, 5.74) is 0.564. The fraction of sp³-hybridized carbons (Fsp3) is 0.526. The molecule has 0 bridgehead atoms. The quantitative estimate of drug-likeness (QED) is 0.460. The van der Waals surface area contributed by atoms with Gasteiger partial charge in [0, 0.05) is 25.9 Å². The number of anilines is 1. The summed E-state index contributed by atoms with van der Waals surface area (Å²) in [5.74, 6) is -1.70. The van der Waals surface area contributed by atoms with Crippen LogP contribution in [0.2, 0.25) is 0 Å². The van der Waals surface area contributed by atoms with Crippen molar-refractivity contribution in [2.75, 3.05) is 31.7 Å². The number of methoxy groups -OCH3 is 1. The Morgan fingerprint density at radius 3 is 2.44 bits per heavy atom. The van der Waals surface area contributed by atoms with Crippen LogP contribution in [0.25, 0.3) is 0 Å². The lowest BCUT2D eigenvalue weighted by Gasteiger charge is -2.28. The van der Waals surface area contributed by atoms with Gasteiger partial charge in [-0.2, -0.15) is 0 Å². The highest BCUT2D eigenvalue weighted by molar-refractivity contribution is 6.07. The number of nitrogens with zero attached hydrogens (tertiary/aromatic N) is 2. The number of aliphatic carboxylic acids is 1. The molecule has 2 rings (SSSR count). The first-order valence-corrected chi connectivity index (χ1v) is 9.07. The predicted octanol–water partition coefficient (Wildman–Crippen LogP) is 0.718. The summed E-state index contributed by atoms with van der Waals surface area (Å²) in [6, 6.07) is 6.48. The van der Waals surface area contributed by atoms with E-state index in [4.69, 9.17) is 4.74 Å². The molecule has 1 heterocycles. The van der Waals surface area contributed by atoms with Gasteiger partial charge in [-0.1, -0.05) is 25.1 Å². The smallest absolute Gasteiger partial charge is 0.323 e. The first-order chi connectivity index (χ1) is 12.9. The lowest BCUT2D eigenvalue weighted by atomic mass is 10.1. The van der Waals surface area contributed by atoms with E-state index in [1.165, 1.54) is 4.90 Å². The van der Waals surface area contributed by atoms with E-state index in [1.54, 1.807) is 43.2 Å². The minimum absolute atomic E-state index is 0.293. The van der Waals surface area contributed by atoms with Crippen LogP contribution < -0.4 is 10.2 Å². The molecular weight excluding hydrogens is 350 g/mol. The minimum atomic E-state index is -1.03. The molecule has 1 aromatic carbocycles. The summed E-state index contributed by atoms with van der Waals surface area (Å²) in [4.78, 5) is 40.1. The number of benzene rings is 1. The fourth-order valence-electron chi connectivity index (χ4n) is 3.19. The molecule has 0 saturated carbocycles. The fourth-order valence-corrected chi connectivity index (χ4v) is 3.19. The molecule has 1 aliphatic heterocycles. The van der Waals surface area contributed by atoms with Crippen LogP contribution in [0.3, 0.4) is 0 Å². The van der Waals surface area contributed by atoms with Crippen LogP contribution >= 0.6 is 0 Å². The van der Waals surface area contributed by atoms with Crippen molar-refractivity contribution in [1.82, 2.24) is 10.2 Å². The van der Waals surface area contributed by atoms with Gasteiger partial charge in [-0.3, -0.25) is 24.2 Å². The zero-order chi connectivity index (χ0) is 20.0. The van der Waals surface area contributed by atoms with Crippen LogP contribution in [0.4, 0.5) is 5.69 Å². The molecule has 0 spiro atoms. The number of hydrogen-bond donors (Lipinski definition) is 2. The highest BCUT2D eigenvalue weighted by Gasteiger charge is 2.58. The highest BCUT2D eigenvalue weighted by Crippen LogP contribution is 2.32. The van der Waals surface area contributed by atoms with E-state index in [-0.39, 0.29) is 11.8 Å². The second-order valence-electron chi connectivity index (χ2n) is 6.42. The molecule has 2 N–H and O–H groups in total. The average Bonchev–Trinajstić information content (AvgIpc) is 3.41. The van der Waals surface area contributed by atoms with Crippen molar-refractivity contribution in [3.8, 4) is 0 Å². The van der Waals surface area contributed by atoms with E-state index in [0.717, 1.165) is 0 Å². The topological polar surface area (TPSA) is 99.0 Å². The molecule has 27 heavy (non-hydrogen) atoms. The van der Waals surface area contributed by atoms with Crippen LogP contribution in [0.5, 0.6) is 0 Å². The predicted molar refractivity (Wildman–Crippen MR) is 100 cm³/mol. The lowest BCUT2D eigenvalue weighted by Crippen LogP contribution is -2.50. The maximum atomic E-state index is 13.1. The van der Waals surface area contributed by atoms with E-state index < -0.39 is 24.1 Å². The van der Waals surface area contributed by atoms with Crippen molar-refractivity contribution in [1.29, 1.82) is 0 Å². The molecule has 0 radical (unpaired) electrons. The van der Waals surface area contributed by atoms with Crippen LogP contribution in [0, 0.1) is 0 Å². The van der Waals surface area contributed by atoms with Crippen LogP contribution in [0.1, 0.15) is 20.3 Å². The Balaban J connectivity index is 2.18. The lowest BCUT2D eigenvalue weighted by molar-refractivity contribution is -0.137. The number of carbonyl (C=O) groups is 3. The first-order valence-electron chi connectivity index (χ1n) is 9.07. The van der Waals surface area contributed by atoms with Crippen molar-refractivity contribution in [2.24, 2.45) is 0 Å². The molecule has 8 nitrogen and oxygen atoms in total. The number of carboxylic acid groups (broad SMARTS) is 1. The standard InChI is InChI=1S/C19H27N3O5/c1-4-21-15(16(21)19(25)26)18(24)22(14-9-6-5-7-10-14)13(2)17(23)20-11-8-12-27-3/h5-7,9-10,13,15-16H,4,8,11-12H2,1-3H3,(H,20,23)(H,25,26)/t13-,15+,16+,21?/m0/s1. The minimum Gasteiger partial charge on any atom is -0.480 e. The SMILES string of the molecule is CCN1[C@@H](C(=O)O)[C@@H]1C(=O)N(c1ccccc1)[C@@H](C)C(=O)NCCCOC. The van der Waals surface area contributed by atoms with Crippen molar-refractivity contribution < 1.29 is 24.2 Å². The Morgan fingerprint density at radius 2 is 1.93 bits per heavy atom. The molecule has 1 unspecified atom stereocenters. The second-order valence-corrected chi connectivity index (χ2v) is 6.42. The van der Waals surface area contributed by atoms with Gasteiger partial charge in [-0.25, -0.2) is 0 Å². The Kier molecular flexibility index (Phi) is 7.32. The third-order valence-corrected chi connectivity index (χ3v) is 4.66. The molecule has 148 valence electrons. The van der Waals surface area contributed by atoms with Crippen LogP contribution in [-0.2, 0) is 19.1 Å². The van der Waals surface area contributed by atoms with Crippen molar-refractivity contribution >= 4 is 23.5 Å². The van der Waals surface area contributed by atoms with Crippen LogP contribution in [-0.4, -0.2) is 72.7 Å². The van der Waals surface area contributed by atoms with E-state index in [1.807, 2.05) is 13.0 Å². The number of carbonyl (C=O) groups excluding carboxylic acids is 2. The van der Waals surface area contributed by atoms with Gasteiger partial charge < -0.3 is 15.2 Å². The van der Waals surface area contributed by atoms with Gasteiger partial charge in [-0.15, -0.1) is 0 Å². The molecule has 0 aromatic heterocycles. The summed E-state index contributed by atoms with van der Waals surface area (Å²) >= 11 is 0. The van der Waals surface area contributed by atoms with E-state index in [9.17, 15) is 19.5 Å². The van der Waals surface area contributed by atoms with Crippen LogP contribution in [0.15, 0.2) is 30.3 Å². The summed E-state index contributed by atoms with van der Waals surface area (Å²) in [6.45, 7) is 4.88. The number of rotatable bonds is 10. The summed E-state index contributed by atoms with van der Waals surface area (Å²) < 4.78 is 4.96. The van der Waals surface area contributed by atoms with E-state index in [0.29, 0.717) is 31.8 Å². The molecule has 0 aliphatic carbocycles. The van der Waals surface area contributed by atoms with Gasteiger partial charge in [-0.05, 0) is 32.0 Å². The Labute approximate surface area is 159 Å². The van der Waals surface area contributed by atoms with Crippen molar-refractivity contribution in [2.45, 2.75) is 38.4 Å². The normalized spacial score (nSPS) is 22.0. The van der Waals surface area contributed by atoms with Crippen molar-refractivity contribution in [3.63, 3.8) is 0 Å². The molecule has 2 amide bonds. The molecule has 1 aliphatic rings. The maximum absolute atomic E-state index is 13.1. The summed E-state index contributed by atoms with van der Waals surface area (Å²) in [7, 11) is 1.59. The van der Waals surface area contributed by atoms with Crippen molar-refractivity contribution in [3.05, 3.63) is 30.3 Å². The second kappa shape index (κ2) is 9.48. The summed E-state index contributed by atoms with van der Waals surface area (Å²) in [5, 5.41) is 12.1. The highest BCUT2D eigenvalue weighted by atomic mass is 16.5. The first kappa shape index (κ1) is 20.9. The van der Waals surface area contributed by atoms with E-state index in [2.05, 4.69) is 5.32 Å². The van der Waals surface area contributed by atoms with Gasteiger partial charge in [0.1, 0.15) is 18.1 Å². The number of para-hydroxylation sites is 1. The maximum Gasteiger partial charge on any atom is 0.323 e. The molecule has 1 fully saturated rings. The third-order valence-electron chi connectivity index (χ3n) is 4.66. The molecule has 8 heteroatoms. The van der Waals surface area contributed by atoms with Gasteiger partial charge in [0.05, 0.1) is 0 Å². The van der Waals surface area contributed by atoms with E-state index >= 15 is 0 Å². The summed E-state index contributed by atoms with van der Waals surface area (Å²) in [6.07, 6.45) is 0.668. The largest absolute Gasteiger partial charge is 0.480 e. The van der Waals surface area contributed by atoms with Gasteiger partial charge in [0.2, 0.25) is 11.8 Å². The zero-order valence-electron chi connectivity index (χ0n) is 15.9. The number of likely N-dealkylation sites (N-methyl/N-ethyl adjacent to an activating group) is 1. The number of amides is 2. The molecule has 4 atom stereocenters. The molecule has 1 saturated heterocycles. The Bertz CT molecular complexity index is 667. The Morgan fingerprint density at radius 1 is 1.26 bits per heavy atom. The molecular formula is C19H27N3O5. The number of nitrogens with one attached hydrogen (secondary N) is 1. The van der Waals surface area contributed by atoms with Gasteiger partial charge in [0.15, 0.2) is 0 Å². The number of carboxylic acids is 1. The monoisotopic (exact) mass is 377 g/mol. The number of hydrogen-bond acceptors (Lipinski definition) is 5. The van der Waals surface area contributed by atoms with Gasteiger partial charge >= 0.3 is 5.97 Å². The molecule has 1 aromatic rings. The number of ether oxygens (including phenoxy) is 1. The third kappa shape index (κ3) is 4.84. The van der Waals surface area contributed by atoms with Gasteiger partial charge in [0.25, 0.3) is 0 Å².